The molecule has 0 amide bonds. The van der Waals surface area contributed by atoms with Crippen LogP contribution in [0.4, 0.5) is 0 Å². The van der Waals surface area contributed by atoms with Crippen molar-refractivity contribution in [3.05, 3.63) is 0 Å². The number of rotatable bonds is 0. The van der Waals surface area contributed by atoms with Crippen molar-refractivity contribution >= 4 is 18.7 Å². The average Bonchev–Trinajstić information content (AvgIpc) is 0.722. The van der Waals surface area contributed by atoms with Crippen LogP contribution in [-0.4, -0.2) is 20.0 Å². The van der Waals surface area contributed by atoms with E-state index < -0.39 is 6.46 Å². The van der Waals surface area contributed by atoms with Gasteiger partial charge in [0.25, 0.3) is 0 Å². The topological polar surface area (TPSA) is 0 Å². The fraction of sp³-hybridized carbons (Fsp3) is 1.00. The molecule has 0 aliphatic heterocycles. The van der Waals surface area contributed by atoms with Gasteiger partial charge in [0.05, 0.1) is 0 Å². The summed E-state index contributed by atoms with van der Waals surface area (Å²) >= 11 is 4.26. The standard InChI is InChI=1S/C3H11PS/c1-4(2,3)5/h4-5H,1-3H3. The summed E-state index contributed by atoms with van der Waals surface area (Å²) < 4.78 is 0. The Balaban J connectivity index is 3.02. The first-order valence-corrected chi connectivity index (χ1v) is 6.51. The molecule has 0 saturated heterocycles. The second-order valence-corrected chi connectivity index (χ2v) is 10.5. The van der Waals surface area contributed by atoms with Gasteiger partial charge in [-0.2, -0.15) is 0 Å². The van der Waals surface area contributed by atoms with E-state index in [1.165, 1.54) is 0 Å². The summed E-state index contributed by atoms with van der Waals surface area (Å²) in [5, 5.41) is 0. The second-order valence-electron chi connectivity index (χ2n) is 2.17. The van der Waals surface area contributed by atoms with Gasteiger partial charge in [-0.05, 0) is 0 Å². The van der Waals surface area contributed by atoms with Crippen LogP contribution in [0, 0.1) is 0 Å². The molecule has 5 heavy (non-hydrogen) atoms. The molecule has 0 bridgehead atoms. The summed E-state index contributed by atoms with van der Waals surface area (Å²) in [6, 6.07) is 0. The number of hydrogen-bond acceptors (Lipinski definition) is 1. The van der Waals surface area contributed by atoms with Crippen molar-refractivity contribution in [2.24, 2.45) is 0 Å². The van der Waals surface area contributed by atoms with Gasteiger partial charge in [-0.1, -0.05) is 0 Å². The fourth-order valence-electron chi connectivity index (χ4n) is 0. The van der Waals surface area contributed by atoms with Gasteiger partial charge in [0.1, 0.15) is 0 Å². The van der Waals surface area contributed by atoms with Crippen molar-refractivity contribution in [2.75, 3.05) is 20.0 Å². The van der Waals surface area contributed by atoms with Crippen molar-refractivity contribution in [1.29, 1.82) is 0 Å². The Morgan fingerprint density at radius 1 is 1.20 bits per heavy atom. The van der Waals surface area contributed by atoms with Gasteiger partial charge in [-0.3, -0.25) is 0 Å². The molecule has 0 spiro atoms. The molecule has 0 aromatic carbocycles. The molecule has 0 radical (unpaired) electrons. The van der Waals surface area contributed by atoms with Crippen molar-refractivity contribution in [1.82, 2.24) is 0 Å². The summed E-state index contributed by atoms with van der Waals surface area (Å²) in [6.45, 7) is 5.66. The molecule has 0 saturated carbocycles. The molecule has 0 aliphatic carbocycles. The molecule has 0 aromatic heterocycles. The van der Waals surface area contributed by atoms with Crippen molar-refractivity contribution in [2.45, 2.75) is 0 Å². The van der Waals surface area contributed by atoms with E-state index >= 15 is 0 Å². The Morgan fingerprint density at radius 2 is 1.20 bits per heavy atom. The fourth-order valence-corrected chi connectivity index (χ4v) is 0. The maximum atomic E-state index is 4.26. The van der Waals surface area contributed by atoms with E-state index in [4.69, 9.17) is 0 Å². The first kappa shape index (κ1) is 5.78. The molecule has 0 nitrogen and oxygen atoms in total. The monoisotopic (exact) mass is 110 g/mol. The maximum absolute atomic E-state index is 4.26. The SMILES string of the molecule is C[PH](C)(C)S. The molecule has 0 N–H and O–H groups in total. The van der Waals surface area contributed by atoms with E-state index in [-0.39, 0.29) is 0 Å². The number of hydrogen-bond donors (Lipinski definition) is 1. The molecule has 0 unspecified atom stereocenters. The zero-order valence-corrected chi connectivity index (χ0v) is 5.84. The summed E-state index contributed by atoms with van der Waals surface area (Å²) in [4.78, 5) is 0. The Bertz CT molecular complexity index is 22.4. The quantitative estimate of drug-likeness (QED) is 0.354. The zero-order chi connectivity index (χ0) is 4.50. The Labute approximate surface area is 39.5 Å². The summed E-state index contributed by atoms with van der Waals surface area (Å²) in [5.74, 6) is 0. The zero-order valence-electron chi connectivity index (χ0n) is 3.95. The third-order valence-electron chi connectivity index (χ3n) is 0. The summed E-state index contributed by atoms with van der Waals surface area (Å²) in [7, 11) is 0. The van der Waals surface area contributed by atoms with Crippen LogP contribution < -0.4 is 0 Å². The number of thiol groups is 1. The normalized spacial score (nSPS) is 15.2. The van der Waals surface area contributed by atoms with Crippen LogP contribution in [0.1, 0.15) is 0 Å². The van der Waals surface area contributed by atoms with Crippen LogP contribution >= 0.6 is 18.7 Å². The van der Waals surface area contributed by atoms with Crippen molar-refractivity contribution in [3.63, 3.8) is 0 Å². The second kappa shape index (κ2) is 1.49. The molecular weight excluding hydrogens is 99.1 g/mol. The van der Waals surface area contributed by atoms with Crippen molar-refractivity contribution < 1.29 is 0 Å². The van der Waals surface area contributed by atoms with E-state index in [0.29, 0.717) is 0 Å². The Morgan fingerprint density at radius 3 is 1.20 bits per heavy atom. The first-order chi connectivity index (χ1) is 2.00. The van der Waals surface area contributed by atoms with Gasteiger partial charge in [0, 0.05) is 0 Å². The van der Waals surface area contributed by atoms with Crippen LogP contribution in [0.3, 0.4) is 0 Å². The Hall–Kier alpha value is 0.780. The van der Waals surface area contributed by atoms with Crippen molar-refractivity contribution in [3.8, 4) is 0 Å². The van der Waals surface area contributed by atoms with Gasteiger partial charge in [-0.25, -0.2) is 0 Å². The van der Waals surface area contributed by atoms with Gasteiger partial charge in [0.2, 0.25) is 0 Å². The third kappa shape index (κ3) is 60.7. The van der Waals surface area contributed by atoms with Gasteiger partial charge in [-0.15, -0.1) is 0 Å². The van der Waals surface area contributed by atoms with E-state index in [0.717, 1.165) is 0 Å². The van der Waals surface area contributed by atoms with Gasteiger partial charge < -0.3 is 0 Å². The molecule has 0 aliphatic rings. The molecule has 0 rings (SSSR count). The van der Waals surface area contributed by atoms with Crippen LogP contribution in [0.2, 0.25) is 0 Å². The third-order valence-corrected chi connectivity index (χ3v) is 0. The van der Waals surface area contributed by atoms with Crippen LogP contribution in [0.5, 0.6) is 0 Å². The van der Waals surface area contributed by atoms with Crippen LogP contribution in [0.15, 0.2) is 0 Å². The van der Waals surface area contributed by atoms with Crippen LogP contribution in [-0.2, 0) is 0 Å². The van der Waals surface area contributed by atoms with E-state index in [1.807, 2.05) is 0 Å². The minimum atomic E-state index is -0.917. The van der Waals surface area contributed by atoms with E-state index in [1.54, 1.807) is 0 Å². The predicted octanol–water partition coefficient (Wildman–Crippen LogP) is 1.47. The molecule has 0 heterocycles. The summed E-state index contributed by atoms with van der Waals surface area (Å²) in [6.07, 6.45) is 0. The van der Waals surface area contributed by atoms with Gasteiger partial charge >= 0.3 is 38.7 Å². The van der Waals surface area contributed by atoms with E-state index in [2.05, 4.69) is 32.2 Å². The Kier molecular flexibility index (Phi) is 1.72. The molecule has 2 heteroatoms. The minimum absolute atomic E-state index is 0.917. The van der Waals surface area contributed by atoms with Crippen LogP contribution in [0.25, 0.3) is 0 Å². The van der Waals surface area contributed by atoms with E-state index in [9.17, 15) is 0 Å². The van der Waals surface area contributed by atoms with Gasteiger partial charge in [0.15, 0.2) is 0 Å². The predicted molar refractivity (Wildman–Crippen MR) is 35.1 cm³/mol. The molecule has 0 atom stereocenters. The molecule has 34 valence electrons. The summed E-state index contributed by atoms with van der Waals surface area (Å²) in [5.41, 5.74) is 0. The average molecular weight is 110 g/mol. The molecular formula is C3H11PS. The molecule has 0 fully saturated rings. The first-order valence-electron chi connectivity index (χ1n) is 1.72. The molecule has 0 aromatic rings.